The molecule has 0 saturated heterocycles. The highest BCUT2D eigenvalue weighted by molar-refractivity contribution is 5.90. The number of hydrogen-bond acceptors (Lipinski definition) is 3. The normalized spacial score (nSPS) is 9.60. The molecule has 2 aromatic rings. The first kappa shape index (κ1) is 13.6. The zero-order chi connectivity index (χ0) is 14.4. The summed E-state index contributed by atoms with van der Waals surface area (Å²) in [4.78, 5) is 11.1. The van der Waals surface area contributed by atoms with E-state index in [9.17, 15) is 4.79 Å². The van der Waals surface area contributed by atoms with Crippen LogP contribution in [0.15, 0.2) is 48.5 Å². The Hall–Kier alpha value is -2.80. The maximum Gasteiger partial charge on any atom is 0.221 e. The molecule has 0 bridgehead atoms. The van der Waals surface area contributed by atoms with Crippen molar-refractivity contribution in [2.24, 2.45) is 0 Å². The summed E-state index contributed by atoms with van der Waals surface area (Å²) < 4.78 is 5.70. The van der Waals surface area contributed by atoms with E-state index in [1.165, 1.54) is 6.92 Å². The van der Waals surface area contributed by atoms with E-state index in [0.717, 1.165) is 5.56 Å². The Morgan fingerprint density at radius 3 is 2.80 bits per heavy atom. The third-order valence-electron chi connectivity index (χ3n) is 2.65. The summed E-state index contributed by atoms with van der Waals surface area (Å²) in [5.74, 6) is 0.456. The average Bonchev–Trinajstić information content (AvgIpc) is 2.46. The first-order chi connectivity index (χ1) is 9.69. The molecule has 0 radical (unpaired) electrons. The number of nitriles is 1. The summed E-state index contributed by atoms with van der Waals surface area (Å²) in [6.07, 6.45) is 0. The zero-order valence-electron chi connectivity index (χ0n) is 11.1. The lowest BCUT2D eigenvalue weighted by Gasteiger charge is -2.11. The Kier molecular flexibility index (Phi) is 4.35. The summed E-state index contributed by atoms with van der Waals surface area (Å²) in [5.41, 5.74) is 2.14. The Bertz CT molecular complexity index is 660. The van der Waals surface area contributed by atoms with E-state index in [-0.39, 0.29) is 5.91 Å². The lowest BCUT2D eigenvalue weighted by atomic mass is 10.1. The zero-order valence-corrected chi connectivity index (χ0v) is 11.1. The van der Waals surface area contributed by atoms with Gasteiger partial charge in [-0.15, -0.1) is 0 Å². The minimum Gasteiger partial charge on any atom is -0.487 e. The highest BCUT2D eigenvalue weighted by atomic mass is 16.5. The van der Waals surface area contributed by atoms with Gasteiger partial charge in [0, 0.05) is 6.92 Å². The summed E-state index contributed by atoms with van der Waals surface area (Å²) in [6.45, 7) is 1.79. The molecule has 0 aliphatic carbocycles. The molecule has 0 atom stereocenters. The Morgan fingerprint density at radius 1 is 1.25 bits per heavy atom. The molecule has 0 saturated carbocycles. The van der Waals surface area contributed by atoms with Gasteiger partial charge in [0.05, 0.1) is 17.3 Å². The number of carbonyl (C=O) groups is 1. The van der Waals surface area contributed by atoms with Crippen molar-refractivity contribution in [1.29, 1.82) is 5.26 Å². The fourth-order valence-corrected chi connectivity index (χ4v) is 1.78. The minimum atomic E-state index is -0.146. The lowest BCUT2D eigenvalue weighted by molar-refractivity contribution is -0.114. The van der Waals surface area contributed by atoms with Crippen molar-refractivity contribution in [2.45, 2.75) is 13.5 Å². The number of hydrogen-bond donors (Lipinski definition) is 1. The first-order valence-corrected chi connectivity index (χ1v) is 6.17. The van der Waals surface area contributed by atoms with Crippen LogP contribution in [0.4, 0.5) is 5.69 Å². The molecule has 0 aromatic heterocycles. The summed E-state index contributed by atoms with van der Waals surface area (Å²) in [6, 6.07) is 16.6. The number of anilines is 1. The van der Waals surface area contributed by atoms with Crippen LogP contribution in [0.25, 0.3) is 0 Å². The maximum absolute atomic E-state index is 11.1. The van der Waals surface area contributed by atoms with Crippen LogP contribution >= 0.6 is 0 Å². The van der Waals surface area contributed by atoms with E-state index in [2.05, 4.69) is 11.4 Å². The van der Waals surface area contributed by atoms with Crippen LogP contribution in [0.2, 0.25) is 0 Å². The van der Waals surface area contributed by atoms with Crippen molar-refractivity contribution < 1.29 is 9.53 Å². The molecule has 0 aliphatic heterocycles. The van der Waals surface area contributed by atoms with Gasteiger partial charge in [-0.25, -0.2) is 0 Å². The largest absolute Gasteiger partial charge is 0.487 e. The highest BCUT2D eigenvalue weighted by Crippen LogP contribution is 2.24. The van der Waals surface area contributed by atoms with Crippen molar-refractivity contribution in [1.82, 2.24) is 0 Å². The van der Waals surface area contributed by atoms with Gasteiger partial charge in [-0.1, -0.05) is 24.3 Å². The van der Waals surface area contributed by atoms with Gasteiger partial charge in [-0.2, -0.15) is 5.26 Å². The Morgan fingerprint density at radius 2 is 2.05 bits per heavy atom. The van der Waals surface area contributed by atoms with E-state index in [4.69, 9.17) is 10.00 Å². The molecular weight excluding hydrogens is 252 g/mol. The van der Waals surface area contributed by atoms with Crippen LogP contribution < -0.4 is 10.1 Å². The van der Waals surface area contributed by atoms with Gasteiger partial charge >= 0.3 is 0 Å². The SMILES string of the molecule is CC(=O)Nc1ccccc1OCc1cccc(C#N)c1. The lowest BCUT2D eigenvalue weighted by Crippen LogP contribution is -2.07. The molecule has 2 rings (SSSR count). The second-order valence-electron chi connectivity index (χ2n) is 4.28. The van der Waals surface area contributed by atoms with E-state index < -0.39 is 0 Å². The number of nitrogens with one attached hydrogen (secondary N) is 1. The Labute approximate surface area is 117 Å². The summed E-state index contributed by atoms with van der Waals surface area (Å²) >= 11 is 0. The van der Waals surface area contributed by atoms with Crippen LogP contribution in [0.1, 0.15) is 18.1 Å². The third-order valence-corrected chi connectivity index (χ3v) is 2.65. The van der Waals surface area contributed by atoms with Crippen molar-refractivity contribution in [3.63, 3.8) is 0 Å². The number of carbonyl (C=O) groups excluding carboxylic acids is 1. The standard InChI is InChI=1S/C16H14N2O2/c1-12(19)18-15-7-2-3-8-16(15)20-11-14-6-4-5-13(9-14)10-17/h2-9H,11H2,1H3,(H,18,19). The number of amides is 1. The third kappa shape index (κ3) is 3.59. The van der Waals surface area contributed by atoms with E-state index in [0.29, 0.717) is 23.6 Å². The predicted molar refractivity (Wildman–Crippen MR) is 76.2 cm³/mol. The monoisotopic (exact) mass is 266 g/mol. The van der Waals surface area contributed by atoms with Gasteiger partial charge in [0.15, 0.2) is 0 Å². The second-order valence-corrected chi connectivity index (χ2v) is 4.28. The second kappa shape index (κ2) is 6.39. The minimum absolute atomic E-state index is 0.146. The van der Waals surface area contributed by atoms with Crippen molar-refractivity contribution in [2.75, 3.05) is 5.32 Å². The van der Waals surface area contributed by atoms with Crippen LogP contribution in [0, 0.1) is 11.3 Å². The molecule has 4 heteroatoms. The van der Waals surface area contributed by atoms with Crippen LogP contribution in [0.5, 0.6) is 5.75 Å². The molecule has 1 N–H and O–H groups in total. The molecule has 0 aliphatic rings. The van der Waals surface area contributed by atoms with E-state index in [1.807, 2.05) is 24.3 Å². The van der Waals surface area contributed by atoms with Crippen molar-refractivity contribution in [3.8, 4) is 11.8 Å². The molecule has 0 unspecified atom stereocenters. The first-order valence-electron chi connectivity index (χ1n) is 6.17. The molecule has 4 nitrogen and oxygen atoms in total. The molecule has 2 aromatic carbocycles. The van der Waals surface area contributed by atoms with Gasteiger partial charge in [-0.3, -0.25) is 4.79 Å². The van der Waals surface area contributed by atoms with Crippen LogP contribution in [-0.2, 0) is 11.4 Å². The highest BCUT2D eigenvalue weighted by Gasteiger charge is 2.05. The van der Waals surface area contributed by atoms with Gasteiger partial charge in [0.25, 0.3) is 0 Å². The smallest absolute Gasteiger partial charge is 0.221 e. The molecule has 1 amide bonds. The van der Waals surface area contributed by atoms with Gasteiger partial charge in [0.2, 0.25) is 5.91 Å². The van der Waals surface area contributed by atoms with Gasteiger partial charge in [0.1, 0.15) is 12.4 Å². The number of nitrogens with zero attached hydrogens (tertiary/aromatic N) is 1. The molecule has 100 valence electrons. The van der Waals surface area contributed by atoms with E-state index in [1.54, 1.807) is 24.3 Å². The van der Waals surface area contributed by atoms with Crippen LogP contribution in [-0.4, -0.2) is 5.91 Å². The Balaban J connectivity index is 2.10. The molecular formula is C16H14N2O2. The fourth-order valence-electron chi connectivity index (χ4n) is 1.78. The molecule has 20 heavy (non-hydrogen) atoms. The molecule has 0 fully saturated rings. The predicted octanol–water partition coefficient (Wildman–Crippen LogP) is 3.10. The number of para-hydroxylation sites is 2. The van der Waals surface area contributed by atoms with Crippen molar-refractivity contribution >= 4 is 11.6 Å². The number of ether oxygens (including phenoxy) is 1. The van der Waals surface area contributed by atoms with Gasteiger partial charge in [-0.05, 0) is 29.8 Å². The molecule has 0 spiro atoms. The summed E-state index contributed by atoms with van der Waals surface area (Å²) in [5, 5.41) is 11.6. The fraction of sp³-hybridized carbons (Fsp3) is 0.125. The maximum atomic E-state index is 11.1. The average molecular weight is 266 g/mol. The number of benzene rings is 2. The molecule has 0 heterocycles. The van der Waals surface area contributed by atoms with E-state index >= 15 is 0 Å². The quantitative estimate of drug-likeness (QED) is 0.924. The topological polar surface area (TPSA) is 62.1 Å². The summed E-state index contributed by atoms with van der Waals surface area (Å²) in [7, 11) is 0. The van der Waals surface area contributed by atoms with Crippen molar-refractivity contribution in [3.05, 3.63) is 59.7 Å². The van der Waals surface area contributed by atoms with Crippen LogP contribution in [0.3, 0.4) is 0 Å². The number of rotatable bonds is 4. The van der Waals surface area contributed by atoms with Gasteiger partial charge < -0.3 is 10.1 Å².